The lowest BCUT2D eigenvalue weighted by atomic mass is 10.0. The third-order valence-corrected chi connectivity index (χ3v) is 5.23. The van der Waals surface area contributed by atoms with Gasteiger partial charge in [-0.05, 0) is 30.2 Å². The zero-order valence-corrected chi connectivity index (χ0v) is 16.8. The molecule has 1 aliphatic heterocycles. The first kappa shape index (κ1) is 20.2. The Balaban J connectivity index is 1.63. The molecule has 0 radical (unpaired) electrons. The number of nitrogens with zero attached hydrogens (tertiary/aromatic N) is 1. The Morgan fingerprint density at radius 1 is 1.26 bits per heavy atom. The van der Waals surface area contributed by atoms with E-state index in [1.807, 2.05) is 25.1 Å². The number of benzene rings is 2. The predicted molar refractivity (Wildman–Crippen MR) is 110 cm³/mol. The minimum absolute atomic E-state index is 0.0567. The lowest BCUT2D eigenvalue weighted by molar-refractivity contribution is -0.129. The molecule has 2 aromatic carbocycles. The van der Waals surface area contributed by atoms with E-state index >= 15 is 0 Å². The first-order chi connectivity index (χ1) is 13.1. The Hall–Kier alpha value is -1.59. The van der Waals surface area contributed by atoms with Crippen molar-refractivity contribution in [1.82, 2.24) is 10.2 Å². The van der Waals surface area contributed by atoms with Crippen molar-refractivity contribution in [2.75, 3.05) is 19.6 Å². The zero-order chi connectivity index (χ0) is 19.2. The number of halogens is 2. The normalized spacial score (nSPS) is 18.9. The molecular formula is C21H24Cl2N2O2. The monoisotopic (exact) mass is 406 g/mol. The molecule has 6 heteroatoms. The van der Waals surface area contributed by atoms with Gasteiger partial charge in [-0.1, -0.05) is 60.5 Å². The number of ketones is 1. The van der Waals surface area contributed by atoms with Gasteiger partial charge in [0, 0.05) is 31.2 Å². The Morgan fingerprint density at radius 3 is 2.74 bits per heavy atom. The highest BCUT2D eigenvalue weighted by Gasteiger charge is 2.31. The summed E-state index contributed by atoms with van der Waals surface area (Å²) in [7, 11) is 0. The smallest absolute Gasteiger partial charge is 0.191 e. The van der Waals surface area contributed by atoms with E-state index in [9.17, 15) is 4.79 Å². The molecule has 2 atom stereocenters. The van der Waals surface area contributed by atoms with Gasteiger partial charge in [-0.3, -0.25) is 9.69 Å². The second-order valence-corrected chi connectivity index (χ2v) is 7.56. The standard InChI is InChI=1S/C21H24Cl2N2O2/c1-2-19(27-20-9-8-16(22)12-17(20)23)21(26)18-14-25(11-10-24-18)13-15-6-4-3-5-7-15/h3-9,12,18-19,24H,2,10-11,13-14H2,1H3. The number of piperazine rings is 1. The maximum absolute atomic E-state index is 13.0. The Bertz CT molecular complexity index is 770. The molecule has 2 aromatic rings. The fourth-order valence-electron chi connectivity index (χ4n) is 3.28. The minimum atomic E-state index is -0.544. The van der Waals surface area contributed by atoms with Gasteiger partial charge in [0.05, 0.1) is 11.1 Å². The first-order valence-electron chi connectivity index (χ1n) is 9.22. The van der Waals surface area contributed by atoms with E-state index in [1.54, 1.807) is 18.2 Å². The molecule has 1 N–H and O–H groups in total. The SMILES string of the molecule is CCC(Oc1ccc(Cl)cc1Cl)C(=O)C1CN(Cc2ccccc2)CCN1. The van der Waals surface area contributed by atoms with Crippen LogP contribution in [0.15, 0.2) is 48.5 Å². The van der Waals surface area contributed by atoms with E-state index in [-0.39, 0.29) is 11.8 Å². The number of rotatable bonds is 7. The second-order valence-electron chi connectivity index (χ2n) is 6.72. The molecule has 0 bridgehead atoms. The van der Waals surface area contributed by atoms with Crippen LogP contribution in [-0.4, -0.2) is 42.5 Å². The number of hydrogen-bond acceptors (Lipinski definition) is 4. The largest absolute Gasteiger partial charge is 0.481 e. The number of Topliss-reactive ketones (excluding diaryl/α,β-unsaturated/α-hetero) is 1. The van der Waals surface area contributed by atoms with Gasteiger partial charge in [0.25, 0.3) is 0 Å². The third kappa shape index (κ3) is 5.45. The van der Waals surface area contributed by atoms with Gasteiger partial charge < -0.3 is 10.1 Å². The van der Waals surface area contributed by atoms with Crippen LogP contribution >= 0.6 is 23.2 Å². The van der Waals surface area contributed by atoms with Crippen molar-refractivity contribution in [3.05, 3.63) is 64.1 Å². The van der Waals surface area contributed by atoms with E-state index < -0.39 is 6.10 Å². The summed E-state index contributed by atoms with van der Waals surface area (Å²) in [5.74, 6) is 0.541. The molecular weight excluding hydrogens is 383 g/mol. The van der Waals surface area contributed by atoms with Crippen LogP contribution in [-0.2, 0) is 11.3 Å². The van der Waals surface area contributed by atoms with Crippen LogP contribution in [0, 0.1) is 0 Å². The van der Waals surface area contributed by atoms with Gasteiger partial charge in [0.1, 0.15) is 5.75 Å². The van der Waals surface area contributed by atoms with Crippen molar-refractivity contribution >= 4 is 29.0 Å². The Kier molecular flexibility index (Phi) is 7.13. The van der Waals surface area contributed by atoms with E-state index in [0.29, 0.717) is 28.8 Å². The minimum Gasteiger partial charge on any atom is -0.481 e. The van der Waals surface area contributed by atoms with E-state index in [0.717, 1.165) is 19.6 Å². The molecule has 3 rings (SSSR count). The van der Waals surface area contributed by atoms with Gasteiger partial charge in [-0.15, -0.1) is 0 Å². The number of carbonyl (C=O) groups excluding carboxylic acids is 1. The highest BCUT2D eigenvalue weighted by Crippen LogP contribution is 2.29. The van der Waals surface area contributed by atoms with Gasteiger partial charge in [-0.25, -0.2) is 0 Å². The molecule has 0 aliphatic carbocycles. The maximum Gasteiger partial charge on any atom is 0.191 e. The molecule has 0 saturated carbocycles. The van der Waals surface area contributed by atoms with Crippen LogP contribution < -0.4 is 10.1 Å². The van der Waals surface area contributed by atoms with Crippen LogP contribution in [0.2, 0.25) is 10.0 Å². The lowest BCUT2D eigenvalue weighted by Crippen LogP contribution is -2.56. The van der Waals surface area contributed by atoms with E-state index in [1.165, 1.54) is 5.56 Å². The number of nitrogens with one attached hydrogen (secondary N) is 1. The summed E-state index contributed by atoms with van der Waals surface area (Å²) in [6.45, 7) is 5.15. The topological polar surface area (TPSA) is 41.6 Å². The van der Waals surface area contributed by atoms with Crippen LogP contribution in [0.4, 0.5) is 0 Å². The number of hydrogen-bond donors (Lipinski definition) is 1. The molecule has 2 unspecified atom stereocenters. The van der Waals surface area contributed by atoms with Gasteiger partial charge in [0.15, 0.2) is 11.9 Å². The Labute approximate surface area is 170 Å². The molecule has 0 spiro atoms. The molecule has 4 nitrogen and oxygen atoms in total. The van der Waals surface area contributed by atoms with Crippen LogP contribution in [0.1, 0.15) is 18.9 Å². The number of carbonyl (C=O) groups is 1. The van der Waals surface area contributed by atoms with Crippen molar-refractivity contribution in [3.8, 4) is 5.75 Å². The maximum atomic E-state index is 13.0. The summed E-state index contributed by atoms with van der Waals surface area (Å²) in [5, 5.41) is 4.29. The lowest BCUT2D eigenvalue weighted by Gasteiger charge is -2.34. The average Bonchev–Trinajstić information content (AvgIpc) is 2.68. The molecule has 1 fully saturated rings. The predicted octanol–water partition coefficient (Wildman–Crippen LogP) is 4.19. The fourth-order valence-corrected chi connectivity index (χ4v) is 3.73. The molecule has 0 amide bonds. The van der Waals surface area contributed by atoms with Crippen molar-refractivity contribution in [3.63, 3.8) is 0 Å². The summed E-state index contributed by atoms with van der Waals surface area (Å²) in [4.78, 5) is 15.3. The van der Waals surface area contributed by atoms with E-state index in [2.05, 4.69) is 22.3 Å². The Morgan fingerprint density at radius 2 is 2.04 bits per heavy atom. The van der Waals surface area contributed by atoms with Crippen molar-refractivity contribution in [2.45, 2.75) is 32.0 Å². The van der Waals surface area contributed by atoms with Crippen LogP contribution in [0.3, 0.4) is 0 Å². The summed E-state index contributed by atoms with van der Waals surface area (Å²) >= 11 is 12.1. The molecule has 1 aliphatic rings. The van der Waals surface area contributed by atoms with Crippen molar-refractivity contribution in [1.29, 1.82) is 0 Å². The quantitative estimate of drug-likeness (QED) is 0.747. The second kappa shape index (κ2) is 9.56. The van der Waals surface area contributed by atoms with Crippen molar-refractivity contribution < 1.29 is 9.53 Å². The number of ether oxygens (including phenoxy) is 1. The van der Waals surface area contributed by atoms with Crippen LogP contribution in [0.25, 0.3) is 0 Å². The summed E-state index contributed by atoms with van der Waals surface area (Å²) in [6.07, 6.45) is 0.0344. The van der Waals surface area contributed by atoms with Gasteiger partial charge in [0.2, 0.25) is 0 Å². The molecule has 1 heterocycles. The fraction of sp³-hybridized carbons (Fsp3) is 0.381. The highest BCUT2D eigenvalue weighted by atomic mass is 35.5. The zero-order valence-electron chi connectivity index (χ0n) is 15.3. The first-order valence-corrected chi connectivity index (χ1v) is 9.97. The third-order valence-electron chi connectivity index (χ3n) is 4.70. The van der Waals surface area contributed by atoms with E-state index in [4.69, 9.17) is 27.9 Å². The summed E-state index contributed by atoms with van der Waals surface area (Å²) in [5.41, 5.74) is 1.25. The molecule has 1 saturated heterocycles. The van der Waals surface area contributed by atoms with Crippen molar-refractivity contribution in [2.24, 2.45) is 0 Å². The average molecular weight is 407 g/mol. The van der Waals surface area contributed by atoms with Gasteiger partial charge >= 0.3 is 0 Å². The highest BCUT2D eigenvalue weighted by molar-refractivity contribution is 6.35. The summed E-state index contributed by atoms with van der Waals surface area (Å²) < 4.78 is 5.92. The van der Waals surface area contributed by atoms with Crippen LogP contribution in [0.5, 0.6) is 5.75 Å². The van der Waals surface area contributed by atoms with Gasteiger partial charge in [-0.2, -0.15) is 0 Å². The molecule has 144 valence electrons. The summed E-state index contributed by atoms with van der Waals surface area (Å²) in [6, 6.07) is 15.1. The molecule has 27 heavy (non-hydrogen) atoms. The molecule has 0 aromatic heterocycles.